The number of esters is 1. The zero-order chi connectivity index (χ0) is 29.6. The van der Waals surface area contributed by atoms with E-state index in [-0.39, 0.29) is 10.9 Å². The third-order valence-corrected chi connectivity index (χ3v) is 8.06. The number of benzene rings is 1. The van der Waals surface area contributed by atoms with E-state index < -0.39 is 17.3 Å². The number of piperazine rings is 1. The summed E-state index contributed by atoms with van der Waals surface area (Å²) in [4.78, 5) is 39.5. The number of halogens is 2. The van der Waals surface area contributed by atoms with Crippen LogP contribution in [0.1, 0.15) is 52.9 Å². The number of aromatic nitrogens is 3. The number of fused-ring (bicyclic) bond motifs is 1. The molecular formula is C31H33ClFN5O3. The van der Waals surface area contributed by atoms with E-state index in [1.54, 1.807) is 25.1 Å². The first-order valence-corrected chi connectivity index (χ1v) is 13.9. The van der Waals surface area contributed by atoms with Crippen LogP contribution < -0.4 is 4.90 Å². The van der Waals surface area contributed by atoms with Crippen LogP contribution in [0.2, 0.25) is 5.02 Å². The fraction of sp³-hybridized carbons (Fsp3) is 0.355. The predicted octanol–water partition coefficient (Wildman–Crippen LogP) is 6.06. The molecular weight excluding hydrogens is 545 g/mol. The Hall–Kier alpha value is -3.98. The summed E-state index contributed by atoms with van der Waals surface area (Å²) in [7, 11) is 1.36. The van der Waals surface area contributed by atoms with E-state index >= 15 is 0 Å². The molecule has 0 bridgehead atoms. The van der Waals surface area contributed by atoms with Gasteiger partial charge in [-0.1, -0.05) is 17.7 Å². The van der Waals surface area contributed by atoms with E-state index in [0.29, 0.717) is 54.3 Å². The van der Waals surface area contributed by atoms with Gasteiger partial charge < -0.3 is 19.1 Å². The lowest BCUT2D eigenvalue weighted by Gasteiger charge is -2.47. The number of rotatable bonds is 5. The summed E-state index contributed by atoms with van der Waals surface area (Å²) < 4.78 is 21.1. The molecule has 1 amide bonds. The third-order valence-electron chi connectivity index (χ3n) is 7.76. The summed E-state index contributed by atoms with van der Waals surface area (Å²) in [6.07, 6.45) is 1.93. The molecule has 4 aromatic rings. The van der Waals surface area contributed by atoms with E-state index in [9.17, 15) is 14.0 Å². The van der Waals surface area contributed by atoms with Gasteiger partial charge >= 0.3 is 5.97 Å². The van der Waals surface area contributed by atoms with Crippen LogP contribution in [0.3, 0.4) is 0 Å². The number of hydrogen-bond donors (Lipinski definition) is 0. The van der Waals surface area contributed by atoms with Gasteiger partial charge in [-0.25, -0.2) is 19.2 Å². The normalized spacial score (nSPS) is 14.9. The Morgan fingerprint density at radius 1 is 1.10 bits per heavy atom. The van der Waals surface area contributed by atoms with Crippen molar-refractivity contribution in [1.82, 2.24) is 19.4 Å². The number of aryl methyl sites for hydroxylation is 3. The number of nitrogens with zero attached hydrogens (tertiary/aromatic N) is 5. The van der Waals surface area contributed by atoms with Crippen LogP contribution in [-0.2, 0) is 11.3 Å². The minimum absolute atomic E-state index is 0.0703. The number of methoxy groups -OCH3 is 1. The van der Waals surface area contributed by atoms with Crippen LogP contribution in [-0.4, -0.2) is 63.6 Å². The lowest BCUT2D eigenvalue weighted by Crippen LogP contribution is -2.61. The SMILES string of the molecule is CCn1cc(-c2ccc(Cl)c(F)c2)c2ccc(C(=O)N3CCN(c4cc(C)c(C(=O)OC)c(C)n4)CC3(C)C)nc21. The average molecular weight is 578 g/mol. The van der Waals surface area contributed by atoms with Crippen LogP contribution in [0.4, 0.5) is 10.2 Å². The number of pyridine rings is 2. The Morgan fingerprint density at radius 2 is 1.85 bits per heavy atom. The lowest BCUT2D eigenvalue weighted by atomic mass is 9.97. The van der Waals surface area contributed by atoms with E-state index in [2.05, 4.69) is 9.88 Å². The van der Waals surface area contributed by atoms with Gasteiger partial charge in [-0.05, 0) is 76.1 Å². The largest absolute Gasteiger partial charge is 0.465 e. The van der Waals surface area contributed by atoms with Crippen LogP contribution in [0.15, 0.2) is 42.6 Å². The van der Waals surface area contributed by atoms with E-state index in [1.165, 1.54) is 13.2 Å². The van der Waals surface area contributed by atoms with Crippen molar-refractivity contribution >= 4 is 40.3 Å². The van der Waals surface area contributed by atoms with Gasteiger partial charge in [0.15, 0.2) is 0 Å². The molecule has 8 nitrogen and oxygen atoms in total. The van der Waals surface area contributed by atoms with Gasteiger partial charge in [-0.3, -0.25) is 4.79 Å². The molecule has 3 aromatic heterocycles. The van der Waals surface area contributed by atoms with Crippen molar-refractivity contribution in [1.29, 1.82) is 0 Å². The Labute approximate surface area is 243 Å². The molecule has 0 radical (unpaired) electrons. The van der Waals surface area contributed by atoms with Crippen molar-refractivity contribution in [2.24, 2.45) is 0 Å². The molecule has 0 N–H and O–H groups in total. The van der Waals surface area contributed by atoms with Crippen molar-refractivity contribution in [3.63, 3.8) is 0 Å². The first kappa shape index (κ1) is 28.5. The highest BCUT2D eigenvalue weighted by Gasteiger charge is 2.38. The number of amides is 1. The summed E-state index contributed by atoms with van der Waals surface area (Å²) in [6, 6.07) is 10.3. The molecule has 41 heavy (non-hydrogen) atoms. The summed E-state index contributed by atoms with van der Waals surface area (Å²) in [5.41, 5.74) is 3.92. The Bertz CT molecular complexity index is 1660. The zero-order valence-corrected chi connectivity index (χ0v) is 24.8. The highest BCUT2D eigenvalue weighted by Crippen LogP contribution is 2.33. The molecule has 1 aromatic carbocycles. The van der Waals surface area contributed by atoms with Crippen molar-refractivity contribution < 1.29 is 18.7 Å². The number of carbonyl (C=O) groups is 2. The molecule has 0 aliphatic carbocycles. The molecule has 5 rings (SSSR count). The molecule has 10 heteroatoms. The van der Waals surface area contributed by atoms with Gasteiger partial charge in [0.2, 0.25) is 0 Å². The first-order valence-electron chi connectivity index (χ1n) is 13.5. The second-order valence-corrected chi connectivity index (χ2v) is 11.4. The molecule has 1 fully saturated rings. The fourth-order valence-electron chi connectivity index (χ4n) is 5.67. The molecule has 1 saturated heterocycles. The van der Waals surface area contributed by atoms with Crippen LogP contribution in [0.25, 0.3) is 22.2 Å². The molecule has 1 aliphatic rings. The molecule has 0 unspecified atom stereocenters. The number of carbonyl (C=O) groups excluding carboxylic acids is 2. The smallest absolute Gasteiger partial charge is 0.339 e. The minimum atomic E-state index is -0.519. The lowest BCUT2D eigenvalue weighted by molar-refractivity contribution is 0.0506. The Morgan fingerprint density at radius 3 is 2.49 bits per heavy atom. The van der Waals surface area contributed by atoms with Crippen LogP contribution in [0, 0.1) is 19.7 Å². The Kier molecular flexibility index (Phi) is 7.50. The minimum Gasteiger partial charge on any atom is -0.465 e. The number of ether oxygens (including phenoxy) is 1. The van der Waals surface area contributed by atoms with Crippen molar-refractivity contribution in [2.75, 3.05) is 31.6 Å². The van der Waals surface area contributed by atoms with Crippen molar-refractivity contribution in [3.05, 3.63) is 75.9 Å². The summed E-state index contributed by atoms with van der Waals surface area (Å²) in [6.45, 7) is 12.0. The Balaban J connectivity index is 1.42. The molecule has 0 atom stereocenters. The predicted molar refractivity (Wildman–Crippen MR) is 158 cm³/mol. The van der Waals surface area contributed by atoms with Crippen LogP contribution >= 0.6 is 11.6 Å². The number of anilines is 1. The molecule has 4 heterocycles. The third kappa shape index (κ3) is 5.14. The van der Waals surface area contributed by atoms with Gasteiger partial charge in [0.1, 0.15) is 23.0 Å². The van der Waals surface area contributed by atoms with Gasteiger partial charge in [0.25, 0.3) is 5.91 Å². The average Bonchev–Trinajstić information content (AvgIpc) is 3.31. The van der Waals surface area contributed by atoms with Gasteiger partial charge in [-0.2, -0.15) is 0 Å². The van der Waals surface area contributed by atoms with Gasteiger partial charge in [-0.15, -0.1) is 0 Å². The quantitative estimate of drug-likeness (QED) is 0.268. The monoisotopic (exact) mass is 577 g/mol. The van der Waals surface area contributed by atoms with Gasteiger partial charge in [0.05, 0.1) is 28.9 Å². The summed E-state index contributed by atoms with van der Waals surface area (Å²) in [5, 5.41) is 0.905. The maximum absolute atomic E-state index is 14.2. The zero-order valence-electron chi connectivity index (χ0n) is 24.1. The molecule has 214 valence electrons. The van der Waals surface area contributed by atoms with E-state index in [4.69, 9.17) is 21.3 Å². The molecule has 0 saturated carbocycles. The standard InChI is InChI=1S/C31H33ClFN5O3/c1-7-36-16-22(20-8-10-23(32)24(33)15-20)21-9-11-25(35-28(21)36)29(39)38-13-12-37(17-31(38,4)5)26-14-18(2)27(19(3)34-26)30(40)41-6/h8-11,14-16H,7,12-13,17H2,1-6H3. The molecule has 0 spiro atoms. The summed E-state index contributed by atoms with van der Waals surface area (Å²) in [5.74, 6) is -0.274. The topological polar surface area (TPSA) is 80.6 Å². The highest BCUT2D eigenvalue weighted by atomic mass is 35.5. The van der Waals surface area contributed by atoms with E-state index in [0.717, 1.165) is 22.3 Å². The first-order chi connectivity index (χ1) is 19.4. The van der Waals surface area contributed by atoms with E-state index in [1.807, 2.05) is 55.5 Å². The second-order valence-electron chi connectivity index (χ2n) is 11.0. The van der Waals surface area contributed by atoms with Gasteiger partial charge in [0, 0.05) is 43.3 Å². The fourth-order valence-corrected chi connectivity index (χ4v) is 5.78. The molecule has 1 aliphatic heterocycles. The van der Waals surface area contributed by atoms with Crippen molar-refractivity contribution in [3.8, 4) is 11.1 Å². The summed E-state index contributed by atoms with van der Waals surface area (Å²) >= 11 is 5.89. The maximum Gasteiger partial charge on any atom is 0.339 e. The van der Waals surface area contributed by atoms with Crippen molar-refractivity contribution in [2.45, 2.75) is 46.7 Å². The highest BCUT2D eigenvalue weighted by molar-refractivity contribution is 6.30. The maximum atomic E-state index is 14.2. The number of hydrogen-bond acceptors (Lipinski definition) is 6. The second kappa shape index (κ2) is 10.8. The van der Waals surface area contributed by atoms with Crippen LogP contribution in [0.5, 0.6) is 0 Å².